The van der Waals surface area contributed by atoms with Crippen LogP contribution >= 0.6 is 0 Å². The van der Waals surface area contributed by atoms with Crippen LogP contribution in [-0.2, 0) is 10.8 Å². The van der Waals surface area contributed by atoms with Gasteiger partial charge in [-0.15, -0.1) is 0 Å². The largest absolute Gasteiger partial charge is 0.313 e. The number of nitrogens with zero attached hydrogens (tertiary/aromatic N) is 2. The molecule has 1 saturated carbocycles. The fourth-order valence-corrected chi connectivity index (χ4v) is 18.4. The van der Waals surface area contributed by atoms with Gasteiger partial charge in [-0.3, -0.25) is 4.79 Å². The summed E-state index contributed by atoms with van der Waals surface area (Å²) < 4.78 is 5.00. The lowest BCUT2D eigenvalue weighted by molar-refractivity contribution is 0.0884. The SMILES string of the molecule is C[C@]12CCC1C=CC2c1ccc2c(c1)C1(c3ccccc3-c3ccccc31)c1cc(C(=O)c3ccc4c(c3)C3(C5=C(CCC(n6c7ccccc7c7ccccc76)=C5)c5ccc(-n6c7ccccc7c7ccccc76)cc53)c3ccccc3-4)ccc1-2. The molecule has 0 saturated heterocycles. The number of benzene rings is 11. The summed E-state index contributed by atoms with van der Waals surface area (Å²) in [6, 6.07) is 90.7. The molecule has 11 aromatic carbocycles. The van der Waals surface area contributed by atoms with E-state index in [0.29, 0.717) is 23.0 Å². The summed E-state index contributed by atoms with van der Waals surface area (Å²) in [6.45, 7) is 2.50. The Balaban J connectivity index is 0.803. The van der Waals surface area contributed by atoms with Crippen LogP contribution in [0.5, 0.6) is 0 Å². The van der Waals surface area contributed by atoms with Crippen molar-refractivity contribution in [3.63, 3.8) is 0 Å². The van der Waals surface area contributed by atoms with Gasteiger partial charge in [0.1, 0.15) is 0 Å². The minimum absolute atomic E-state index is 0.0322. The quantitative estimate of drug-likeness (QED) is 0.125. The minimum Gasteiger partial charge on any atom is -0.313 e. The van der Waals surface area contributed by atoms with Crippen molar-refractivity contribution in [3.05, 3.63) is 328 Å². The Kier molecular flexibility index (Phi) is 9.14. The van der Waals surface area contributed by atoms with Crippen LogP contribution < -0.4 is 0 Å². The number of rotatable bonds is 5. The first-order valence-corrected chi connectivity index (χ1v) is 31.0. The average Bonchev–Trinajstić information content (AvgIpc) is 1.53. The summed E-state index contributed by atoms with van der Waals surface area (Å²) in [5, 5.41) is 5.01. The molecule has 0 radical (unpaired) electrons. The number of para-hydroxylation sites is 4. The average molecular weight is 1100 g/mol. The zero-order valence-corrected chi connectivity index (χ0v) is 47.6. The van der Waals surface area contributed by atoms with Crippen LogP contribution in [0.1, 0.15) is 105 Å². The first-order chi connectivity index (χ1) is 42.4. The second kappa shape index (κ2) is 16.6. The minimum atomic E-state index is -0.740. The molecule has 0 aliphatic heterocycles. The van der Waals surface area contributed by atoms with E-state index in [9.17, 15) is 0 Å². The molecule has 7 aliphatic carbocycles. The molecular weight excluding hydrogens is 1040 g/mol. The van der Waals surface area contributed by atoms with Gasteiger partial charge in [-0.25, -0.2) is 0 Å². The fourth-order valence-electron chi connectivity index (χ4n) is 18.4. The molecule has 0 amide bonds. The van der Waals surface area contributed by atoms with Gasteiger partial charge in [-0.05, 0) is 186 Å². The highest BCUT2D eigenvalue weighted by atomic mass is 16.1. The lowest BCUT2D eigenvalue weighted by Crippen LogP contribution is -2.37. The van der Waals surface area contributed by atoms with Crippen molar-refractivity contribution in [1.82, 2.24) is 9.13 Å². The van der Waals surface area contributed by atoms with Crippen molar-refractivity contribution in [2.45, 2.75) is 49.4 Å². The molecule has 4 atom stereocenters. The Labute approximate surface area is 499 Å². The second-order valence-corrected chi connectivity index (χ2v) is 25.8. The normalized spacial score (nSPS) is 20.9. The van der Waals surface area contributed by atoms with Gasteiger partial charge in [0, 0.05) is 50.0 Å². The predicted octanol–water partition coefficient (Wildman–Crippen LogP) is 20.0. The van der Waals surface area contributed by atoms with Crippen LogP contribution in [0.3, 0.4) is 0 Å². The molecule has 7 aliphatic rings. The zero-order valence-electron chi connectivity index (χ0n) is 47.6. The van der Waals surface area contributed by atoms with E-state index in [1.54, 1.807) is 0 Å². The van der Waals surface area contributed by atoms with Crippen LogP contribution in [0.2, 0.25) is 0 Å². The molecule has 0 bridgehead atoms. The maximum Gasteiger partial charge on any atom is 0.193 e. The topological polar surface area (TPSA) is 26.9 Å². The monoisotopic (exact) mass is 1100 g/mol. The molecule has 20 rings (SSSR count). The molecule has 86 heavy (non-hydrogen) atoms. The molecule has 3 heteroatoms. The van der Waals surface area contributed by atoms with Gasteiger partial charge in [0.2, 0.25) is 0 Å². The first-order valence-electron chi connectivity index (χ1n) is 31.0. The lowest BCUT2D eigenvalue weighted by Gasteiger charge is -2.46. The summed E-state index contributed by atoms with van der Waals surface area (Å²) in [6.07, 6.45) is 11.8. The Morgan fingerprint density at radius 3 is 1.41 bits per heavy atom. The number of fused-ring (bicyclic) bond motifs is 26. The number of hydrogen-bond acceptors (Lipinski definition) is 1. The number of allylic oxidation sites excluding steroid dienone is 6. The van der Waals surface area contributed by atoms with Crippen molar-refractivity contribution in [2.24, 2.45) is 11.3 Å². The maximum absolute atomic E-state index is 16.2. The van der Waals surface area contributed by atoms with E-state index >= 15 is 4.79 Å². The summed E-state index contributed by atoms with van der Waals surface area (Å²) in [4.78, 5) is 16.2. The van der Waals surface area contributed by atoms with E-state index in [2.05, 4.69) is 277 Å². The summed E-state index contributed by atoms with van der Waals surface area (Å²) in [5.74, 6) is 1.05. The molecule has 2 aromatic heterocycles. The smallest absolute Gasteiger partial charge is 0.193 e. The van der Waals surface area contributed by atoms with Crippen molar-refractivity contribution < 1.29 is 4.79 Å². The van der Waals surface area contributed by atoms with Crippen LogP contribution in [0, 0.1) is 11.3 Å². The Morgan fingerprint density at radius 1 is 0.407 bits per heavy atom. The van der Waals surface area contributed by atoms with Gasteiger partial charge in [-0.1, -0.05) is 213 Å². The van der Waals surface area contributed by atoms with Gasteiger partial charge in [0.15, 0.2) is 5.78 Å². The zero-order chi connectivity index (χ0) is 56.4. The molecule has 13 aromatic rings. The van der Waals surface area contributed by atoms with Gasteiger partial charge >= 0.3 is 0 Å². The predicted molar refractivity (Wildman–Crippen MR) is 351 cm³/mol. The standard InChI is InChI=1S/C83H56N2O/c1-81-43-42-52(81)33-41-67(81)49-30-36-59-60-38-32-50(45-72(60)82(71(59)44-49)68-23-9-2-16-55(68)56-17-3-10-24-69(56)82)80(86)51-31-37-58-57-18-4-11-25-70(57)83(73(58)46-51)74-47-53(84-76-26-12-5-19-63(76)64-20-6-13-27-77(64)84)34-39-61(74)62-40-35-54(48-75(62)83)85-78-28-14-7-21-65(78)66-22-8-15-29-79(66)85/h2-34,36-39,41,44-48,52,67H,35,40,42-43H2,1H3/t52?,67?,81-,83?/m0/s1. The molecule has 404 valence electrons. The third-order valence-corrected chi connectivity index (χ3v) is 22.2. The third kappa shape index (κ3) is 5.68. The van der Waals surface area contributed by atoms with Gasteiger partial charge in [0.05, 0.1) is 32.9 Å². The van der Waals surface area contributed by atoms with Crippen molar-refractivity contribution >= 4 is 60.7 Å². The van der Waals surface area contributed by atoms with E-state index in [1.807, 2.05) is 0 Å². The number of ketones is 1. The van der Waals surface area contributed by atoms with Crippen LogP contribution in [0.4, 0.5) is 0 Å². The maximum atomic E-state index is 16.2. The highest BCUT2D eigenvalue weighted by Crippen LogP contribution is 2.67. The number of hydrogen-bond donors (Lipinski definition) is 0. The van der Waals surface area contributed by atoms with E-state index in [0.717, 1.165) is 24.1 Å². The first kappa shape index (κ1) is 47.3. The number of aromatic nitrogens is 2. The molecule has 3 unspecified atom stereocenters. The highest BCUT2D eigenvalue weighted by molar-refractivity contribution is 6.13. The lowest BCUT2D eigenvalue weighted by atomic mass is 9.57. The van der Waals surface area contributed by atoms with Crippen molar-refractivity contribution in [3.8, 4) is 39.1 Å². The van der Waals surface area contributed by atoms with Crippen LogP contribution in [0.15, 0.2) is 266 Å². The van der Waals surface area contributed by atoms with Crippen LogP contribution in [-0.4, -0.2) is 14.9 Å². The number of carbonyl (C=O) groups is 1. The summed E-state index contributed by atoms with van der Waals surface area (Å²) >= 11 is 0. The van der Waals surface area contributed by atoms with Gasteiger partial charge < -0.3 is 9.13 Å². The van der Waals surface area contributed by atoms with E-state index in [4.69, 9.17) is 0 Å². The van der Waals surface area contributed by atoms with Gasteiger partial charge in [0.25, 0.3) is 0 Å². The molecule has 1 fully saturated rings. The fraction of sp³-hybridized carbons (Fsp3) is 0.120. The van der Waals surface area contributed by atoms with Crippen molar-refractivity contribution in [1.29, 1.82) is 0 Å². The third-order valence-electron chi connectivity index (χ3n) is 22.2. The molecule has 0 N–H and O–H groups in total. The molecule has 2 spiro atoms. The van der Waals surface area contributed by atoms with Gasteiger partial charge in [-0.2, -0.15) is 0 Å². The van der Waals surface area contributed by atoms with Crippen molar-refractivity contribution in [2.75, 3.05) is 0 Å². The Morgan fingerprint density at radius 2 is 0.860 bits per heavy atom. The molecular formula is C83H56N2O. The Hall–Kier alpha value is -10.1. The van der Waals surface area contributed by atoms with E-state index < -0.39 is 10.8 Å². The summed E-state index contributed by atoms with van der Waals surface area (Å²) in [7, 11) is 0. The highest BCUT2D eigenvalue weighted by Gasteiger charge is 2.56. The Bertz CT molecular complexity index is 5230. The number of carbonyl (C=O) groups excluding carboxylic acids is 1. The van der Waals surface area contributed by atoms with E-state index in [1.165, 1.54) is 151 Å². The van der Waals surface area contributed by atoms with E-state index in [-0.39, 0.29) is 11.2 Å². The molecule has 3 nitrogen and oxygen atoms in total. The van der Waals surface area contributed by atoms with Crippen LogP contribution in [0.25, 0.3) is 93.9 Å². The second-order valence-electron chi connectivity index (χ2n) is 25.8. The summed E-state index contributed by atoms with van der Waals surface area (Å²) in [5.41, 5.74) is 29.1. The molecule has 2 heterocycles.